The van der Waals surface area contributed by atoms with E-state index < -0.39 is 18.1 Å². The van der Waals surface area contributed by atoms with E-state index in [4.69, 9.17) is 14.2 Å². The number of hydrogen-bond donors (Lipinski definition) is 0. The van der Waals surface area contributed by atoms with Crippen molar-refractivity contribution in [2.24, 2.45) is 4.99 Å². The third-order valence-electron chi connectivity index (χ3n) is 3.57. The van der Waals surface area contributed by atoms with E-state index in [1.807, 2.05) is 30.3 Å². The van der Waals surface area contributed by atoms with Gasteiger partial charge in [0.2, 0.25) is 5.90 Å². The minimum Gasteiger partial charge on any atom is -0.497 e. The number of aromatic nitrogens is 1. The predicted octanol–water partition coefficient (Wildman–Crippen LogP) is 2.15. The first-order valence-corrected chi connectivity index (χ1v) is 7.09. The van der Waals surface area contributed by atoms with Crippen LogP contribution in [-0.4, -0.2) is 37.1 Å². The van der Waals surface area contributed by atoms with Gasteiger partial charge in [-0.1, -0.05) is 6.07 Å². The Labute approximate surface area is 133 Å². The average molecular weight is 312 g/mol. The van der Waals surface area contributed by atoms with Gasteiger partial charge in [-0.05, 0) is 30.3 Å². The molecule has 0 saturated carbocycles. The summed E-state index contributed by atoms with van der Waals surface area (Å²) in [6, 6.07) is 10.2. The lowest BCUT2D eigenvalue weighted by Gasteiger charge is -2.16. The average Bonchev–Trinajstić information content (AvgIpc) is 3.07. The number of carbonyl (C=O) groups is 1. The Morgan fingerprint density at radius 2 is 1.96 bits per heavy atom. The number of benzene rings is 1. The zero-order valence-corrected chi connectivity index (χ0v) is 12.8. The molecule has 0 fully saturated rings. The van der Waals surface area contributed by atoms with E-state index in [1.165, 1.54) is 7.11 Å². The first kappa shape index (κ1) is 15.0. The summed E-state index contributed by atoms with van der Waals surface area (Å²) in [6.07, 6.45) is 2.78. The molecule has 118 valence electrons. The Hall–Kier alpha value is -2.89. The van der Waals surface area contributed by atoms with Crippen molar-refractivity contribution in [2.75, 3.05) is 14.2 Å². The van der Waals surface area contributed by atoms with E-state index in [1.54, 1.807) is 25.6 Å². The molecule has 23 heavy (non-hydrogen) atoms. The normalized spacial score (nSPS) is 19.7. The number of esters is 1. The molecule has 2 heterocycles. The Balaban J connectivity index is 1.91. The van der Waals surface area contributed by atoms with Crippen LogP contribution in [0.4, 0.5) is 0 Å². The molecule has 1 aliphatic rings. The molecule has 0 N–H and O–H groups in total. The smallest absolute Gasteiger partial charge is 0.335 e. The maximum atomic E-state index is 12.0. The van der Waals surface area contributed by atoms with Gasteiger partial charge in [0.05, 0.1) is 14.2 Å². The lowest BCUT2D eigenvalue weighted by atomic mass is 10.1. The lowest BCUT2D eigenvalue weighted by molar-refractivity contribution is -0.143. The van der Waals surface area contributed by atoms with Gasteiger partial charge in [-0.15, -0.1) is 0 Å². The van der Waals surface area contributed by atoms with E-state index >= 15 is 0 Å². The Bertz CT molecular complexity index is 713. The molecule has 2 atom stereocenters. The Morgan fingerprint density at radius 1 is 1.17 bits per heavy atom. The number of carbonyl (C=O) groups excluding carboxylic acids is 1. The molecule has 0 aliphatic carbocycles. The van der Waals surface area contributed by atoms with Crippen LogP contribution >= 0.6 is 0 Å². The predicted molar refractivity (Wildman–Crippen MR) is 83.4 cm³/mol. The summed E-state index contributed by atoms with van der Waals surface area (Å²) in [5, 5.41) is 0. The van der Waals surface area contributed by atoms with Crippen LogP contribution in [0, 0.1) is 0 Å². The molecular formula is C17H16N2O4. The zero-order chi connectivity index (χ0) is 16.2. The van der Waals surface area contributed by atoms with Crippen molar-refractivity contribution in [3.8, 4) is 5.75 Å². The van der Waals surface area contributed by atoms with Crippen molar-refractivity contribution in [3.05, 3.63) is 59.9 Å². The van der Waals surface area contributed by atoms with Crippen molar-refractivity contribution in [1.29, 1.82) is 0 Å². The monoisotopic (exact) mass is 312 g/mol. The van der Waals surface area contributed by atoms with Gasteiger partial charge in [0, 0.05) is 23.5 Å². The fourth-order valence-corrected chi connectivity index (χ4v) is 2.38. The van der Waals surface area contributed by atoms with Gasteiger partial charge in [-0.25, -0.2) is 9.79 Å². The number of ether oxygens (including phenoxy) is 3. The van der Waals surface area contributed by atoms with Crippen LogP contribution in [0.15, 0.2) is 53.8 Å². The fraction of sp³-hybridized carbons (Fsp3) is 0.235. The standard InChI is InChI=1S/C17H16N2O4/c1-21-13-7-5-11(6-8-13)16-19-14(17(20)22-2)15(23-16)12-4-3-9-18-10-12/h3-10,14-15H,1-2H3/t14-,15-/m1/s1. The van der Waals surface area contributed by atoms with Gasteiger partial charge >= 0.3 is 5.97 Å². The van der Waals surface area contributed by atoms with Crippen LogP contribution in [0.3, 0.4) is 0 Å². The summed E-state index contributed by atoms with van der Waals surface area (Å²) in [5.74, 6) is 0.694. The van der Waals surface area contributed by atoms with Crippen LogP contribution < -0.4 is 4.74 Å². The van der Waals surface area contributed by atoms with E-state index in [0.29, 0.717) is 5.90 Å². The summed E-state index contributed by atoms with van der Waals surface area (Å²) in [4.78, 5) is 20.5. The highest BCUT2D eigenvalue weighted by atomic mass is 16.5. The molecule has 0 spiro atoms. The van der Waals surface area contributed by atoms with Crippen molar-refractivity contribution < 1.29 is 19.0 Å². The first-order valence-electron chi connectivity index (χ1n) is 7.09. The molecule has 0 saturated heterocycles. The second-order valence-corrected chi connectivity index (χ2v) is 4.96. The minimum atomic E-state index is -0.749. The maximum absolute atomic E-state index is 12.0. The molecule has 1 aromatic heterocycles. The maximum Gasteiger partial charge on any atom is 0.335 e. The van der Waals surface area contributed by atoms with E-state index in [-0.39, 0.29) is 0 Å². The molecule has 3 rings (SSSR count). The molecule has 6 nitrogen and oxygen atoms in total. The van der Waals surface area contributed by atoms with Crippen molar-refractivity contribution in [3.63, 3.8) is 0 Å². The first-order chi connectivity index (χ1) is 11.2. The van der Waals surface area contributed by atoms with Gasteiger partial charge in [-0.2, -0.15) is 0 Å². The van der Waals surface area contributed by atoms with E-state index in [0.717, 1.165) is 16.9 Å². The molecule has 2 aromatic rings. The van der Waals surface area contributed by atoms with Gasteiger partial charge in [0.15, 0.2) is 12.1 Å². The summed E-state index contributed by atoms with van der Waals surface area (Å²) in [5.41, 5.74) is 1.54. The van der Waals surface area contributed by atoms with E-state index in [2.05, 4.69) is 9.98 Å². The van der Waals surface area contributed by atoms with Crippen molar-refractivity contribution in [1.82, 2.24) is 4.98 Å². The molecule has 0 radical (unpaired) electrons. The van der Waals surface area contributed by atoms with Crippen LogP contribution in [-0.2, 0) is 14.3 Å². The number of methoxy groups -OCH3 is 2. The SMILES string of the molecule is COC(=O)[C@@H]1N=C(c2ccc(OC)cc2)O[C@@H]1c1cccnc1. The molecule has 0 unspecified atom stereocenters. The fourth-order valence-electron chi connectivity index (χ4n) is 2.38. The molecule has 6 heteroatoms. The third-order valence-corrected chi connectivity index (χ3v) is 3.57. The van der Waals surface area contributed by atoms with Gasteiger partial charge in [0.25, 0.3) is 0 Å². The van der Waals surface area contributed by atoms with Crippen molar-refractivity contribution >= 4 is 11.9 Å². The molecule has 1 aromatic carbocycles. The van der Waals surface area contributed by atoms with E-state index in [9.17, 15) is 4.79 Å². The minimum absolute atomic E-state index is 0.400. The van der Waals surface area contributed by atoms with Crippen LogP contribution in [0.1, 0.15) is 17.2 Å². The quantitative estimate of drug-likeness (QED) is 0.809. The highest BCUT2D eigenvalue weighted by molar-refractivity contribution is 5.98. The number of aliphatic imine (C=N–C) groups is 1. The summed E-state index contributed by atoms with van der Waals surface area (Å²) < 4.78 is 15.9. The molecular weight excluding hydrogens is 296 g/mol. The largest absolute Gasteiger partial charge is 0.497 e. The number of pyridine rings is 1. The number of rotatable bonds is 4. The van der Waals surface area contributed by atoms with Crippen LogP contribution in [0.5, 0.6) is 5.75 Å². The van der Waals surface area contributed by atoms with Crippen LogP contribution in [0.25, 0.3) is 0 Å². The molecule has 0 bridgehead atoms. The third kappa shape index (κ3) is 3.01. The van der Waals surface area contributed by atoms with Gasteiger partial charge < -0.3 is 14.2 Å². The molecule has 0 amide bonds. The second kappa shape index (κ2) is 6.48. The van der Waals surface area contributed by atoms with Crippen LogP contribution in [0.2, 0.25) is 0 Å². The Morgan fingerprint density at radius 3 is 2.57 bits per heavy atom. The molecule has 1 aliphatic heterocycles. The highest BCUT2D eigenvalue weighted by Crippen LogP contribution is 2.31. The zero-order valence-electron chi connectivity index (χ0n) is 12.8. The van der Waals surface area contributed by atoms with Crippen molar-refractivity contribution in [2.45, 2.75) is 12.1 Å². The Kier molecular flexibility index (Phi) is 4.23. The summed E-state index contributed by atoms with van der Waals surface area (Å²) >= 11 is 0. The summed E-state index contributed by atoms with van der Waals surface area (Å²) in [7, 11) is 2.94. The second-order valence-electron chi connectivity index (χ2n) is 4.96. The van der Waals surface area contributed by atoms with Gasteiger partial charge in [0.1, 0.15) is 5.75 Å². The topological polar surface area (TPSA) is 70.0 Å². The highest BCUT2D eigenvalue weighted by Gasteiger charge is 2.39. The van der Waals surface area contributed by atoms with Gasteiger partial charge in [-0.3, -0.25) is 4.98 Å². The lowest BCUT2D eigenvalue weighted by Crippen LogP contribution is -2.25. The summed E-state index contributed by atoms with van der Waals surface area (Å²) in [6.45, 7) is 0. The number of nitrogens with zero attached hydrogens (tertiary/aromatic N) is 2. The number of hydrogen-bond acceptors (Lipinski definition) is 6.